The van der Waals surface area contributed by atoms with E-state index in [1.807, 2.05) is 12.1 Å². The molecule has 0 spiro atoms. The number of aromatic carboxylic acids is 1. The van der Waals surface area contributed by atoms with Gasteiger partial charge in [-0.25, -0.2) is 4.79 Å². The van der Waals surface area contributed by atoms with Crippen LogP contribution in [0.2, 0.25) is 0 Å². The summed E-state index contributed by atoms with van der Waals surface area (Å²) in [5.41, 5.74) is 11.9. The zero-order valence-electron chi connectivity index (χ0n) is 22.1. The Bertz CT molecular complexity index is 1680. The van der Waals surface area contributed by atoms with Gasteiger partial charge in [0.25, 0.3) is 0 Å². The number of halogens is 3. The van der Waals surface area contributed by atoms with E-state index in [-0.39, 0.29) is 5.56 Å². The normalized spacial score (nSPS) is 13.2. The summed E-state index contributed by atoms with van der Waals surface area (Å²) in [5, 5.41) is 10.2. The van der Waals surface area contributed by atoms with E-state index >= 15 is 0 Å². The molecule has 0 aliphatic carbocycles. The predicted molar refractivity (Wildman–Crippen MR) is 154 cm³/mol. The molecule has 0 unspecified atom stereocenters. The number of carboxylic acids is 1. The summed E-state index contributed by atoms with van der Waals surface area (Å²) in [6.07, 6.45) is -3.33. The van der Waals surface area contributed by atoms with Crippen molar-refractivity contribution in [2.75, 3.05) is 12.3 Å². The second-order valence-corrected chi connectivity index (χ2v) is 9.91. The fourth-order valence-corrected chi connectivity index (χ4v) is 4.95. The third kappa shape index (κ3) is 6.73. The fourth-order valence-electron chi connectivity index (χ4n) is 4.95. The van der Waals surface area contributed by atoms with Crippen molar-refractivity contribution in [2.45, 2.75) is 25.7 Å². The molecule has 5 aromatic rings. The smallest absolute Gasteiger partial charge is 0.416 e. The second-order valence-electron chi connectivity index (χ2n) is 9.91. The maximum Gasteiger partial charge on any atom is 0.416 e. The topological polar surface area (TPSA) is 79.5 Å². The number of hydrogen-bond acceptors (Lipinski definition) is 4. The van der Waals surface area contributed by atoms with Crippen molar-refractivity contribution in [3.63, 3.8) is 0 Å². The van der Waals surface area contributed by atoms with Gasteiger partial charge in [0.2, 0.25) is 0 Å². The number of nitrogens with two attached hydrogens (primary N) is 1. The Hall–Kier alpha value is -4.69. The molecule has 2 heterocycles. The summed E-state index contributed by atoms with van der Waals surface area (Å²) in [4.78, 5) is 18.3. The van der Waals surface area contributed by atoms with Gasteiger partial charge in [0.15, 0.2) is 0 Å². The van der Waals surface area contributed by atoms with E-state index in [1.165, 1.54) is 34.7 Å². The Labute approximate surface area is 235 Å². The summed E-state index contributed by atoms with van der Waals surface area (Å²) in [7, 11) is 0. The number of pyridine rings is 1. The average molecular weight is 556 g/mol. The minimum Gasteiger partial charge on any atom is -0.478 e. The Kier molecular flexibility index (Phi) is 8.03. The van der Waals surface area contributed by atoms with Crippen LogP contribution in [0.3, 0.4) is 0 Å². The minimum absolute atomic E-state index is 0.0576. The molecule has 6 rings (SSSR count). The zero-order valence-corrected chi connectivity index (χ0v) is 22.1. The highest BCUT2D eigenvalue weighted by Gasteiger charge is 2.30. The third-order valence-corrected chi connectivity index (χ3v) is 7.04. The molecule has 5 nitrogen and oxygen atoms in total. The first kappa shape index (κ1) is 27.9. The molecule has 3 N–H and O–H groups in total. The first-order valence-corrected chi connectivity index (χ1v) is 13.1. The Morgan fingerprint density at radius 1 is 0.878 bits per heavy atom. The standard InChI is InChI=1S/C19H19N3.C14H9F3O2/c20-17-7-5-16-12-22(10-9-15(16)11-17)13-18-8-6-14-3-1-2-4-19(14)21-18;15-14(16,17)10-7-5-9(6-8-10)11-3-1-2-4-12(11)13(18)19/h1-8,11H,9-10,12-13,20H2;1-8H,(H,18,19). The molecule has 1 aliphatic heterocycles. The van der Waals surface area contributed by atoms with Crippen molar-refractivity contribution in [3.05, 3.63) is 131 Å². The molecule has 1 aromatic heterocycles. The third-order valence-electron chi connectivity index (χ3n) is 7.04. The molecule has 0 saturated heterocycles. The number of anilines is 1. The SMILES string of the molecule is Nc1ccc2c(c1)CCN(Cc1ccc3ccccc3n1)C2.O=C(O)c1ccccc1-c1ccc(C(F)(F)F)cc1. The van der Waals surface area contributed by atoms with Gasteiger partial charge in [0.05, 0.1) is 22.3 Å². The van der Waals surface area contributed by atoms with Gasteiger partial charge in [0.1, 0.15) is 0 Å². The number of benzene rings is 4. The lowest BCUT2D eigenvalue weighted by atomic mass is 9.99. The van der Waals surface area contributed by atoms with E-state index in [0.717, 1.165) is 55.1 Å². The Balaban J connectivity index is 0.000000167. The first-order valence-electron chi connectivity index (χ1n) is 13.1. The highest BCUT2D eigenvalue weighted by molar-refractivity contribution is 5.96. The summed E-state index contributed by atoms with van der Waals surface area (Å²) >= 11 is 0. The van der Waals surface area contributed by atoms with Gasteiger partial charge in [-0.05, 0) is 71.1 Å². The molecule has 0 bridgehead atoms. The van der Waals surface area contributed by atoms with Crippen LogP contribution in [-0.2, 0) is 25.7 Å². The molecule has 208 valence electrons. The van der Waals surface area contributed by atoms with Crippen molar-refractivity contribution in [3.8, 4) is 11.1 Å². The molecule has 0 atom stereocenters. The first-order chi connectivity index (χ1) is 19.7. The number of nitrogens with zero attached hydrogens (tertiary/aromatic N) is 2. The van der Waals surface area contributed by atoms with Crippen LogP contribution in [0.15, 0.2) is 103 Å². The van der Waals surface area contributed by atoms with Crippen LogP contribution in [0.4, 0.5) is 18.9 Å². The molecule has 0 amide bonds. The van der Waals surface area contributed by atoms with Gasteiger partial charge in [-0.15, -0.1) is 0 Å². The number of rotatable bonds is 4. The van der Waals surface area contributed by atoms with Crippen molar-refractivity contribution in [2.24, 2.45) is 0 Å². The molecular formula is C33H28F3N3O2. The summed E-state index contributed by atoms with van der Waals surface area (Å²) < 4.78 is 37.3. The lowest BCUT2D eigenvalue weighted by Crippen LogP contribution is -2.30. The predicted octanol–water partition coefficient (Wildman–Crippen LogP) is 7.45. The van der Waals surface area contributed by atoms with Crippen LogP contribution < -0.4 is 5.73 Å². The molecule has 1 aliphatic rings. The van der Waals surface area contributed by atoms with E-state index in [9.17, 15) is 18.0 Å². The van der Waals surface area contributed by atoms with Crippen molar-refractivity contribution >= 4 is 22.6 Å². The number of nitrogen functional groups attached to an aromatic ring is 1. The molecule has 0 saturated carbocycles. The van der Waals surface area contributed by atoms with Gasteiger partial charge >= 0.3 is 12.1 Å². The molecule has 0 radical (unpaired) electrons. The Morgan fingerprint density at radius 2 is 1.61 bits per heavy atom. The maximum absolute atomic E-state index is 12.4. The lowest BCUT2D eigenvalue weighted by molar-refractivity contribution is -0.137. The van der Waals surface area contributed by atoms with Gasteiger partial charge in [-0.2, -0.15) is 13.2 Å². The number of para-hydroxylation sites is 1. The molecule has 41 heavy (non-hydrogen) atoms. The van der Waals surface area contributed by atoms with Crippen molar-refractivity contribution in [1.82, 2.24) is 9.88 Å². The summed E-state index contributed by atoms with van der Waals surface area (Å²) in [5.74, 6) is -1.12. The van der Waals surface area contributed by atoms with Gasteiger partial charge < -0.3 is 10.8 Å². The maximum atomic E-state index is 12.4. The lowest BCUT2D eigenvalue weighted by Gasteiger charge is -2.28. The molecule has 4 aromatic carbocycles. The van der Waals surface area contributed by atoms with Crippen LogP contribution in [0.5, 0.6) is 0 Å². The van der Waals surface area contributed by atoms with Crippen LogP contribution in [0, 0.1) is 0 Å². The van der Waals surface area contributed by atoms with E-state index in [2.05, 4.69) is 47.4 Å². The zero-order chi connectivity index (χ0) is 29.0. The van der Waals surface area contributed by atoms with Crippen LogP contribution in [0.1, 0.15) is 32.7 Å². The molecule has 0 fully saturated rings. The minimum atomic E-state index is -4.40. The second kappa shape index (κ2) is 11.8. The fraction of sp³-hybridized carbons (Fsp3) is 0.152. The number of fused-ring (bicyclic) bond motifs is 2. The van der Waals surface area contributed by atoms with E-state index < -0.39 is 17.7 Å². The number of hydrogen-bond donors (Lipinski definition) is 2. The summed E-state index contributed by atoms with van der Waals surface area (Å²) in [6, 6.07) is 29.4. The monoisotopic (exact) mass is 555 g/mol. The van der Waals surface area contributed by atoms with Crippen LogP contribution in [-0.4, -0.2) is 27.5 Å². The van der Waals surface area contributed by atoms with E-state index in [4.69, 9.17) is 15.8 Å². The quantitative estimate of drug-likeness (QED) is 0.225. The van der Waals surface area contributed by atoms with Crippen molar-refractivity contribution < 1.29 is 23.1 Å². The number of carbonyl (C=O) groups is 1. The molecular weight excluding hydrogens is 527 g/mol. The van der Waals surface area contributed by atoms with E-state index in [1.54, 1.807) is 18.2 Å². The van der Waals surface area contributed by atoms with Crippen LogP contribution in [0.25, 0.3) is 22.0 Å². The largest absolute Gasteiger partial charge is 0.478 e. The molecule has 8 heteroatoms. The number of alkyl halides is 3. The summed E-state index contributed by atoms with van der Waals surface area (Å²) in [6.45, 7) is 2.93. The highest BCUT2D eigenvalue weighted by Crippen LogP contribution is 2.32. The average Bonchev–Trinajstić information content (AvgIpc) is 2.97. The van der Waals surface area contributed by atoms with Crippen molar-refractivity contribution in [1.29, 1.82) is 0 Å². The van der Waals surface area contributed by atoms with Gasteiger partial charge in [-0.1, -0.05) is 60.7 Å². The Morgan fingerprint density at radius 3 is 2.37 bits per heavy atom. The van der Waals surface area contributed by atoms with E-state index in [0.29, 0.717) is 11.1 Å². The van der Waals surface area contributed by atoms with Crippen LogP contribution >= 0.6 is 0 Å². The number of carboxylic acid groups (broad SMARTS) is 1. The highest BCUT2D eigenvalue weighted by atomic mass is 19.4. The van der Waals surface area contributed by atoms with Gasteiger partial charge in [0, 0.05) is 30.7 Å². The number of aromatic nitrogens is 1. The van der Waals surface area contributed by atoms with Gasteiger partial charge in [-0.3, -0.25) is 9.88 Å².